The van der Waals surface area contributed by atoms with Gasteiger partial charge in [-0.1, -0.05) is 42.5 Å². The molecule has 134 valence electrons. The number of rotatable bonds is 8. The maximum absolute atomic E-state index is 12.2. The Kier molecular flexibility index (Phi) is 6.73. The number of esters is 1. The SMILES string of the molecule is CCS(=O)(=O)NCc1ccc(C(=O)OC(C)Cc2ccccc2)cc1. The molecule has 0 radical (unpaired) electrons. The van der Waals surface area contributed by atoms with Gasteiger partial charge in [0.05, 0.1) is 11.3 Å². The van der Waals surface area contributed by atoms with E-state index in [2.05, 4.69) is 4.72 Å². The second-order valence-electron chi connectivity index (χ2n) is 5.83. The number of nitrogens with one attached hydrogen (secondary N) is 1. The van der Waals surface area contributed by atoms with Crippen molar-refractivity contribution in [2.45, 2.75) is 32.9 Å². The van der Waals surface area contributed by atoms with Gasteiger partial charge in [0.2, 0.25) is 10.0 Å². The molecule has 0 aromatic heterocycles. The quantitative estimate of drug-likeness (QED) is 0.734. The summed E-state index contributed by atoms with van der Waals surface area (Å²) in [7, 11) is -3.23. The first-order valence-electron chi connectivity index (χ1n) is 8.21. The Morgan fingerprint density at radius 2 is 1.68 bits per heavy atom. The van der Waals surface area contributed by atoms with Crippen molar-refractivity contribution in [2.75, 3.05) is 5.75 Å². The monoisotopic (exact) mass is 361 g/mol. The molecule has 0 spiro atoms. The Hall–Kier alpha value is -2.18. The van der Waals surface area contributed by atoms with E-state index in [-0.39, 0.29) is 24.4 Å². The van der Waals surface area contributed by atoms with Crippen LogP contribution < -0.4 is 4.72 Å². The summed E-state index contributed by atoms with van der Waals surface area (Å²) in [5.74, 6) is -0.347. The van der Waals surface area contributed by atoms with Crippen LogP contribution in [0.2, 0.25) is 0 Å². The highest BCUT2D eigenvalue weighted by atomic mass is 32.2. The topological polar surface area (TPSA) is 72.5 Å². The number of sulfonamides is 1. The molecular formula is C19H23NO4S. The molecule has 0 fully saturated rings. The van der Waals surface area contributed by atoms with Gasteiger partial charge in [0, 0.05) is 13.0 Å². The van der Waals surface area contributed by atoms with E-state index in [0.29, 0.717) is 12.0 Å². The van der Waals surface area contributed by atoms with E-state index >= 15 is 0 Å². The molecule has 0 saturated heterocycles. The molecule has 2 aromatic rings. The summed E-state index contributed by atoms with van der Waals surface area (Å²) >= 11 is 0. The third kappa shape index (κ3) is 6.32. The Morgan fingerprint density at radius 3 is 2.28 bits per heavy atom. The minimum absolute atomic E-state index is 0.0384. The number of benzene rings is 2. The van der Waals surface area contributed by atoms with Gasteiger partial charge >= 0.3 is 5.97 Å². The third-order valence-electron chi connectivity index (χ3n) is 3.74. The van der Waals surface area contributed by atoms with Gasteiger partial charge in [-0.3, -0.25) is 0 Å². The van der Waals surface area contributed by atoms with Crippen LogP contribution in [-0.2, 0) is 27.7 Å². The van der Waals surface area contributed by atoms with Gasteiger partial charge in [0.1, 0.15) is 6.10 Å². The van der Waals surface area contributed by atoms with Crippen LogP contribution >= 0.6 is 0 Å². The van der Waals surface area contributed by atoms with Crippen LogP contribution in [0.25, 0.3) is 0 Å². The Labute approximate surface area is 149 Å². The highest BCUT2D eigenvalue weighted by Gasteiger charge is 2.13. The average Bonchev–Trinajstić information content (AvgIpc) is 2.61. The number of carbonyl (C=O) groups is 1. The molecule has 1 N–H and O–H groups in total. The maximum atomic E-state index is 12.2. The van der Waals surface area contributed by atoms with Crippen molar-refractivity contribution in [3.05, 3.63) is 71.3 Å². The molecule has 1 unspecified atom stereocenters. The fourth-order valence-corrected chi connectivity index (χ4v) is 2.88. The molecule has 0 aliphatic heterocycles. The molecule has 0 aliphatic carbocycles. The summed E-state index contributed by atoms with van der Waals surface area (Å²) in [5, 5.41) is 0. The fraction of sp³-hybridized carbons (Fsp3) is 0.316. The Morgan fingerprint density at radius 1 is 1.04 bits per heavy atom. The standard InChI is InChI=1S/C19H23NO4S/c1-3-25(22,23)20-14-17-9-11-18(12-10-17)19(21)24-15(2)13-16-7-5-4-6-8-16/h4-12,15,20H,3,13-14H2,1-2H3. The summed E-state index contributed by atoms with van der Waals surface area (Å²) < 4.78 is 30.8. The van der Waals surface area contributed by atoms with Crippen LogP contribution in [-0.4, -0.2) is 26.2 Å². The Bertz CT molecular complexity index is 786. The zero-order chi connectivity index (χ0) is 18.3. The number of carbonyl (C=O) groups excluding carboxylic acids is 1. The van der Waals surface area contributed by atoms with E-state index in [1.54, 1.807) is 31.2 Å². The lowest BCUT2D eigenvalue weighted by Gasteiger charge is -2.13. The third-order valence-corrected chi connectivity index (χ3v) is 5.08. The van der Waals surface area contributed by atoms with Gasteiger partial charge in [-0.2, -0.15) is 0 Å². The molecule has 6 heteroatoms. The molecule has 2 aromatic carbocycles. The fourth-order valence-electron chi connectivity index (χ4n) is 2.29. The average molecular weight is 361 g/mol. The zero-order valence-corrected chi connectivity index (χ0v) is 15.3. The first-order valence-corrected chi connectivity index (χ1v) is 9.86. The van der Waals surface area contributed by atoms with Gasteiger partial charge in [-0.15, -0.1) is 0 Å². The predicted octanol–water partition coefficient (Wildman–Crippen LogP) is 2.91. The summed E-state index contributed by atoms with van der Waals surface area (Å²) in [6, 6.07) is 16.6. The van der Waals surface area contributed by atoms with Gasteiger partial charge in [0.25, 0.3) is 0 Å². The second-order valence-corrected chi connectivity index (χ2v) is 7.92. The van der Waals surface area contributed by atoms with Crippen molar-refractivity contribution < 1.29 is 17.9 Å². The van der Waals surface area contributed by atoms with Crippen LogP contribution in [0, 0.1) is 0 Å². The summed E-state index contributed by atoms with van der Waals surface area (Å²) in [5.41, 5.74) is 2.34. The van der Waals surface area contributed by atoms with Crippen LogP contribution in [0.5, 0.6) is 0 Å². The second kappa shape index (κ2) is 8.78. The van der Waals surface area contributed by atoms with Crippen molar-refractivity contribution in [1.82, 2.24) is 4.72 Å². The molecule has 0 saturated carbocycles. The smallest absolute Gasteiger partial charge is 0.338 e. The van der Waals surface area contributed by atoms with Crippen molar-refractivity contribution in [1.29, 1.82) is 0 Å². The van der Waals surface area contributed by atoms with E-state index < -0.39 is 10.0 Å². The normalized spacial score (nSPS) is 12.6. The van der Waals surface area contributed by atoms with Gasteiger partial charge in [0.15, 0.2) is 0 Å². The zero-order valence-electron chi connectivity index (χ0n) is 14.4. The van der Waals surface area contributed by atoms with Crippen LogP contribution in [0.1, 0.15) is 35.3 Å². The van der Waals surface area contributed by atoms with Gasteiger partial charge in [-0.05, 0) is 37.1 Å². The minimum atomic E-state index is -3.23. The van der Waals surface area contributed by atoms with Crippen molar-refractivity contribution in [3.8, 4) is 0 Å². The van der Waals surface area contributed by atoms with Crippen LogP contribution in [0.3, 0.4) is 0 Å². The molecule has 0 bridgehead atoms. The highest BCUT2D eigenvalue weighted by molar-refractivity contribution is 7.89. The predicted molar refractivity (Wildman–Crippen MR) is 97.8 cm³/mol. The molecule has 0 heterocycles. The highest BCUT2D eigenvalue weighted by Crippen LogP contribution is 2.11. The number of hydrogen-bond acceptors (Lipinski definition) is 4. The molecular weight excluding hydrogens is 338 g/mol. The van der Waals surface area contributed by atoms with Gasteiger partial charge < -0.3 is 4.74 Å². The number of hydrogen-bond donors (Lipinski definition) is 1. The van der Waals surface area contributed by atoms with Crippen molar-refractivity contribution in [2.24, 2.45) is 0 Å². The first kappa shape index (κ1) is 19.1. The van der Waals surface area contributed by atoms with Crippen LogP contribution in [0.4, 0.5) is 0 Å². The Balaban J connectivity index is 1.89. The molecule has 0 amide bonds. The molecule has 0 aliphatic rings. The summed E-state index contributed by atoms with van der Waals surface area (Å²) in [4.78, 5) is 12.2. The minimum Gasteiger partial charge on any atom is -0.459 e. The lowest BCUT2D eigenvalue weighted by atomic mass is 10.1. The molecule has 1 atom stereocenters. The molecule has 2 rings (SSSR count). The van der Waals surface area contributed by atoms with E-state index in [1.165, 1.54) is 0 Å². The van der Waals surface area contributed by atoms with E-state index in [9.17, 15) is 13.2 Å². The van der Waals surface area contributed by atoms with Gasteiger partial charge in [-0.25, -0.2) is 17.9 Å². The molecule has 25 heavy (non-hydrogen) atoms. The summed E-state index contributed by atoms with van der Waals surface area (Å²) in [6.45, 7) is 3.65. The lowest BCUT2D eigenvalue weighted by molar-refractivity contribution is 0.0343. The number of ether oxygens (including phenoxy) is 1. The lowest BCUT2D eigenvalue weighted by Crippen LogP contribution is -2.24. The maximum Gasteiger partial charge on any atom is 0.338 e. The van der Waals surface area contributed by atoms with E-state index in [4.69, 9.17) is 4.74 Å². The largest absolute Gasteiger partial charge is 0.459 e. The van der Waals surface area contributed by atoms with Crippen LogP contribution in [0.15, 0.2) is 54.6 Å². The van der Waals surface area contributed by atoms with E-state index in [1.807, 2.05) is 37.3 Å². The first-order chi connectivity index (χ1) is 11.9. The molecule has 5 nitrogen and oxygen atoms in total. The van der Waals surface area contributed by atoms with Crippen molar-refractivity contribution in [3.63, 3.8) is 0 Å². The summed E-state index contributed by atoms with van der Waals surface area (Å²) in [6.07, 6.45) is 0.426. The van der Waals surface area contributed by atoms with Crippen molar-refractivity contribution >= 4 is 16.0 Å². The van der Waals surface area contributed by atoms with E-state index in [0.717, 1.165) is 11.1 Å².